The maximum absolute atomic E-state index is 11.3. The van der Waals surface area contributed by atoms with Crippen molar-refractivity contribution in [3.05, 3.63) is 17.2 Å². The Morgan fingerprint density at radius 2 is 2.20 bits per heavy atom. The van der Waals surface area contributed by atoms with Crippen molar-refractivity contribution in [3.8, 4) is 0 Å². The van der Waals surface area contributed by atoms with Gasteiger partial charge >= 0.3 is 0 Å². The minimum Gasteiger partial charge on any atom is -0.0365 e. The van der Waals surface area contributed by atoms with Gasteiger partial charge in [-0.1, -0.05) is 0 Å². The number of allylic oxidation sites excluding steroid dienone is 1. The predicted octanol–water partition coefficient (Wildman–Crippen LogP) is 2.24. The summed E-state index contributed by atoms with van der Waals surface area (Å²) in [5, 5.41) is 0. The summed E-state index contributed by atoms with van der Waals surface area (Å²) in [6.07, 6.45) is 2.95. The summed E-state index contributed by atoms with van der Waals surface area (Å²) in [5.41, 5.74) is 0.520. The summed E-state index contributed by atoms with van der Waals surface area (Å²) < 4.78 is 1.05. The lowest BCUT2D eigenvalue weighted by molar-refractivity contribution is -0.586. The molecule has 2 nitrogen and oxygen atoms in total. The first-order valence-electron chi connectivity index (χ1n) is 3.69. The summed E-state index contributed by atoms with van der Waals surface area (Å²) in [5.74, 6) is 0. The fourth-order valence-electron chi connectivity index (χ4n) is 1.36. The molecule has 0 atom stereocenters. The molecule has 2 heteroatoms. The molecule has 0 amide bonds. The van der Waals surface area contributed by atoms with Crippen LogP contribution in [0.25, 0.3) is 0 Å². The molecule has 1 heterocycles. The summed E-state index contributed by atoms with van der Waals surface area (Å²) in [6, 6.07) is 0. The topological polar surface area (TPSA) is 20.1 Å². The number of nitroso groups, excluding NO2 is 1. The molecule has 0 aromatic heterocycles. The van der Waals surface area contributed by atoms with Crippen LogP contribution in [0.3, 0.4) is 0 Å². The highest BCUT2D eigenvalue weighted by Crippen LogP contribution is 2.28. The molecule has 10 heavy (non-hydrogen) atoms. The van der Waals surface area contributed by atoms with E-state index in [0.29, 0.717) is 0 Å². The third kappa shape index (κ3) is 1.11. The van der Waals surface area contributed by atoms with Gasteiger partial charge in [-0.2, -0.15) is 0 Å². The van der Waals surface area contributed by atoms with Gasteiger partial charge in [0.2, 0.25) is 11.2 Å². The minimum absolute atomic E-state index is 0.213. The summed E-state index contributed by atoms with van der Waals surface area (Å²) in [6.45, 7) is 7.63. The van der Waals surface area contributed by atoms with Crippen LogP contribution in [0.2, 0.25) is 0 Å². The maximum Gasteiger partial charge on any atom is 0.226 e. The van der Waals surface area contributed by atoms with Crippen LogP contribution in [0.5, 0.6) is 0 Å². The fourth-order valence-corrected chi connectivity index (χ4v) is 1.36. The van der Waals surface area contributed by atoms with E-state index in [1.807, 2.05) is 13.8 Å². The lowest BCUT2D eigenvalue weighted by Crippen LogP contribution is -2.36. The molecule has 0 unspecified atom stereocenters. The second kappa shape index (κ2) is 2.19. The van der Waals surface area contributed by atoms with Crippen molar-refractivity contribution in [1.82, 2.24) is 0 Å². The monoisotopic (exact) mass is 140 g/mol. The van der Waals surface area contributed by atoms with Gasteiger partial charge in [0.05, 0.1) is 0 Å². The number of piperidine rings is 1. The Morgan fingerprint density at radius 1 is 1.60 bits per heavy atom. The van der Waals surface area contributed by atoms with E-state index in [-0.39, 0.29) is 5.54 Å². The van der Waals surface area contributed by atoms with Crippen molar-refractivity contribution in [1.29, 1.82) is 0 Å². The van der Waals surface area contributed by atoms with Crippen molar-refractivity contribution in [2.45, 2.75) is 38.6 Å². The average Bonchev–Trinajstić information content (AvgIpc) is 1.83. The molecule has 0 aromatic rings. The zero-order valence-corrected chi connectivity index (χ0v) is 6.68. The van der Waals surface area contributed by atoms with Crippen LogP contribution >= 0.6 is 0 Å². The van der Waals surface area contributed by atoms with E-state index >= 15 is 0 Å². The minimum atomic E-state index is -0.213. The Bertz CT molecular complexity index is 182. The summed E-state index contributed by atoms with van der Waals surface area (Å²) in [4.78, 5) is 11.3. The number of hydrogen-bond donors (Lipinski definition) is 0. The van der Waals surface area contributed by atoms with Crippen molar-refractivity contribution in [3.63, 3.8) is 0 Å². The molecule has 0 radical (unpaired) electrons. The Kier molecular flexibility index (Phi) is 1.63. The Hall–Kier alpha value is -0.660. The molecule has 0 aliphatic carbocycles. The van der Waals surface area contributed by atoms with Crippen molar-refractivity contribution < 1.29 is 4.76 Å². The third-order valence-electron chi connectivity index (χ3n) is 2.09. The second-order valence-corrected chi connectivity index (χ2v) is 3.53. The highest BCUT2D eigenvalue weighted by atomic mass is 16.3. The van der Waals surface area contributed by atoms with E-state index in [9.17, 15) is 4.91 Å². The lowest BCUT2D eigenvalue weighted by atomic mass is 9.92. The Morgan fingerprint density at radius 3 is 2.60 bits per heavy atom. The normalized spacial score (nSPS) is 25.0. The molecule has 0 bridgehead atoms. The molecular formula is C8H14NO+. The Balaban J connectivity index is 2.79. The van der Waals surface area contributed by atoms with Gasteiger partial charge in [0, 0.05) is 36.4 Å². The van der Waals surface area contributed by atoms with Crippen LogP contribution in [0, 0.1) is 4.91 Å². The van der Waals surface area contributed by atoms with E-state index in [2.05, 4.69) is 6.58 Å². The smallest absolute Gasteiger partial charge is 0.0365 e. The number of rotatable bonds is 0. The highest BCUT2D eigenvalue weighted by molar-refractivity contribution is 4.88. The fraction of sp³-hybridized carbons (Fsp3) is 0.750. The third-order valence-corrected chi connectivity index (χ3v) is 2.09. The molecule has 0 spiro atoms. The lowest BCUT2D eigenvalue weighted by Gasteiger charge is -2.20. The van der Waals surface area contributed by atoms with E-state index < -0.39 is 0 Å². The van der Waals surface area contributed by atoms with Gasteiger partial charge in [-0.05, 0) is 13.0 Å². The first-order chi connectivity index (χ1) is 4.54. The molecule has 0 saturated carbocycles. The van der Waals surface area contributed by atoms with Gasteiger partial charge in [0.1, 0.15) is 0 Å². The second-order valence-electron chi connectivity index (χ2n) is 3.53. The standard InChI is InChI=1S/C8H14NO/c1-7-5-4-6-8(2,3)9(7)10/h1,4-6H2,2-3H3/q+1. The quantitative estimate of drug-likeness (QED) is 0.472. The average molecular weight is 140 g/mol. The molecule has 0 aromatic carbocycles. The van der Waals surface area contributed by atoms with Crippen LogP contribution in [0.1, 0.15) is 33.1 Å². The van der Waals surface area contributed by atoms with Crippen LogP contribution in [-0.2, 0) is 0 Å². The van der Waals surface area contributed by atoms with Gasteiger partial charge in [-0.15, -0.1) is 0 Å². The molecule has 1 fully saturated rings. The maximum atomic E-state index is 11.3. The molecule has 1 saturated heterocycles. The van der Waals surface area contributed by atoms with Crippen molar-refractivity contribution in [2.75, 3.05) is 0 Å². The first-order valence-corrected chi connectivity index (χ1v) is 3.69. The van der Waals surface area contributed by atoms with Crippen molar-refractivity contribution >= 4 is 0 Å². The van der Waals surface area contributed by atoms with Crippen LogP contribution in [0.4, 0.5) is 0 Å². The van der Waals surface area contributed by atoms with Gasteiger partial charge in [0.15, 0.2) is 0 Å². The predicted molar refractivity (Wildman–Crippen MR) is 40.7 cm³/mol. The molecule has 1 aliphatic rings. The van der Waals surface area contributed by atoms with E-state index in [0.717, 1.165) is 29.7 Å². The van der Waals surface area contributed by atoms with Gasteiger partial charge in [-0.25, -0.2) is 0 Å². The van der Waals surface area contributed by atoms with Crippen LogP contribution in [0.15, 0.2) is 12.3 Å². The first kappa shape index (κ1) is 7.45. The zero-order chi connectivity index (χ0) is 7.78. The highest BCUT2D eigenvalue weighted by Gasteiger charge is 2.40. The van der Waals surface area contributed by atoms with Crippen molar-refractivity contribution in [2.24, 2.45) is 0 Å². The summed E-state index contributed by atoms with van der Waals surface area (Å²) >= 11 is 0. The number of hydrogen-bond acceptors (Lipinski definition) is 1. The molecule has 56 valence electrons. The molecule has 0 N–H and O–H groups in total. The van der Waals surface area contributed by atoms with E-state index in [1.54, 1.807) is 0 Å². The van der Waals surface area contributed by atoms with Gasteiger partial charge in [0.25, 0.3) is 0 Å². The SMILES string of the molecule is C=C1CCCC(C)(C)[N+]1=O. The molecular weight excluding hydrogens is 126 g/mol. The van der Waals surface area contributed by atoms with Gasteiger partial charge in [-0.3, -0.25) is 0 Å². The van der Waals surface area contributed by atoms with E-state index in [1.165, 1.54) is 0 Å². The Labute approximate surface area is 61.5 Å². The van der Waals surface area contributed by atoms with E-state index in [4.69, 9.17) is 0 Å². The molecule has 1 aliphatic heterocycles. The summed E-state index contributed by atoms with van der Waals surface area (Å²) in [7, 11) is 0. The largest absolute Gasteiger partial charge is 0.226 e. The van der Waals surface area contributed by atoms with Crippen LogP contribution < -0.4 is 0 Å². The van der Waals surface area contributed by atoms with Gasteiger partial charge < -0.3 is 0 Å². The zero-order valence-electron chi connectivity index (χ0n) is 6.68. The van der Waals surface area contributed by atoms with Crippen LogP contribution in [-0.4, -0.2) is 10.3 Å². The molecule has 1 rings (SSSR count). The number of nitrogens with zero attached hydrogens (tertiary/aromatic N) is 1.